The van der Waals surface area contributed by atoms with Gasteiger partial charge in [0, 0.05) is 19.3 Å². The third-order valence-corrected chi connectivity index (χ3v) is 3.09. The number of likely N-dealkylation sites (N-methyl/N-ethyl adjacent to an activating group) is 1. The van der Waals surface area contributed by atoms with Crippen LogP contribution in [-0.4, -0.2) is 37.5 Å². The summed E-state index contributed by atoms with van der Waals surface area (Å²) in [7, 11) is 2.00. The van der Waals surface area contributed by atoms with Gasteiger partial charge in [-0.05, 0) is 44.9 Å². The second-order valence-electron chi connectivity index (χ2n) is 5.14. The summed E-state index contributed by atoms with van der Waals surface area (Å²) < 4.78 is 5.42. The van der Waals surface area contributed by atoms with Gasteiger partial charge in [-0.15, -0.1) is 0 Å². The number of aliphatic hydroxyl groups is 1. The summed E-state index contributed by atoms with van der Waals surface area (Å²) in [5.41, 5.74) is 3.70. The molecule has 0 amide bonds. The van der Waals surface area contributed by atoms with Crippen molar-refractivity contribution < 1.29 is 9.84 Å². The van der Waals surface area contributed by atoms with Gasteiger partial charge in [0.15, 0.2) is 0 Å². The minimum absolute atomic E-state index is 0.158. The number of aliphatic hydroxyl groups excluding tert-OH is 1. The van der Waals surface area contributed by atoms with E-state index in [1.54, 1.807) is 0 Å². The first-order valence-electron chi connectivity index (χ1n) is 6.48. The lowest BCUT2D eigenvalue weighted by Crippen LogP contribution is -2.33. The van der Waals surface area contributed by atoms with Crippen molar-refractivity contribution in [3.63, 3.8) is 0 Å². The number of anilines is 1. The summed E-state index contributed by atoms with van der Waals surface area (Å²) in [5, 5.41) is 9.92. The molecule has 1 aromatic carbocycles. The van der Waals surface area contributed by atoms with Crippen molar-refractivity contribution in [2.45, 2.75) is 39.9 Å². The molecule has 0 aliphatic heterocycles. The molecule has 1 aromatic rings. The lowest BCUT2D eigenvalue weighted by atomic mass is 10.1. The lowest BCUT2D eigenvalue weighted by Gasteiger charge is -2.25. The van der Waals surface area contributed by atoms with Crippen LogP contribution in [-0.2, 0) is 4.74 Å². The van der Waals surface area contributed by atoms with E-state index in [0.29, 0.717) is 13.2 Å². The molecule has 0 saturated heterocycles. The van der Waals surface area contributed by atoms with E-state index in [-0.39, 0.29) is 6.10 Å². The third kappa shape index (κ3) is 4.31. The van der Waals surface area contributed by atoms with Crippen LogP contribution < -0.4 is 4.90 Å². The molecule has 0 saturated carbocycles. The predicted molar refractivity (Wildman–Crippen MR) is 76.3 cm³/mol. The first kappa shape index (κ1) is 15.0. The molecule has 0 spiro atoms. The summed E-state index contributed by atoms with van der Waals surface area (Å²) in [6.07, 6.45) is -0.303. The van der Waals surface area contributed by atoms with Gasteiger partial charge in [0.05, 0.1) is 18.8 Å². The van der Waals surface area contributed by atoms with Crippen molar-refractivity contribution in [2.24, 2.45) is 0 Å². The van der Waals surface area contributed by atoms with Crippen LogP contribution in [0, 0.1) is 13.8 Å². The van der Waals surface area contributed by atoms with Gasteiger partial charge in [0.2, 0.25) is 0 Å². The first-order valence-corrected chi connectivity index (χ1v) is 6.48. The molecule has 3 heteroatoms. The van der Waals surface area contributed by atoms with Gasteiger partial charge in [-0.2, -0.15) is 0 Å². The van der Waals surface area contributed by atoms with Gasteiger partial charge < -0.3 is 14.7 Å². The Kier molecular flexibility index (Phi) is 5.63. The summed E-state index contributed by atoms with van der Waals surface area (Å²) in [4.78, 5) is 2.08. The van der Waals surface area contributed by atoms with Gasteiger partial charge in [0.25, 0.3) is 0 Å². The van der Waals surface area contributed by atoms with Crippen LogP contribution in [0.5, 0.6) is 0 Å². The number of nitrogens with zero attached hydrogens (tertiary/aromatic N) is 1. The number of hydrogen-bond acceptors (Lipinski definition) is 3. The molecule has 1 rings (SSSR count). The zero-order chi connectivity index (χ0) is 13.7. The van der Waals surface area contributed by atoms with E-state index < -0.39 is 6.10 Å². The monoisotopic (exact) mass is 251 g/mol. The number of hydrogen-bond donors (Lipinski definition) is 1. The Morgan fingerprint density at radius 3 is 2.56 bits per heavy atom. The Morgan fingerprint density at radius 1 is 1.28 bits per heavy atom. The molecule has 0 heterocycles. The normalized spacial score (nSPS) is 12.8. The molecule has 0 radical (unpaired) electrons. The SMILES string of the molecule is Cc1cccc(N(C)CC(O)COC(C)C)c1C. The number of benzene rings is 1. The molecule has 1 unspecified atom stereocenters. The van der Waals surface area contributed by atoms with E-state index in [4.69, 9.17) is 4.74 Å². The molecule has 0 aliphatic carbocycles. The van der Waals surface area contributed by atoms with Crippen molar-refractivity contribution in [3.8, 4) is 0 Å². The summed E-state index contributed by atoms with van der Waals surface area (Å²) >= 11 is 0. The average Bonchev–Trinajstić information content (AvgIpc) is 2.30. The van der Waals surface area contributed by atoms with Crippen molar-refractivity contribution >= 4 is 5.69 Å². The Labute approximate surface area is 110 Å². The fourth-order valence-electron chi connectivity index (χ4n) is 1.92. The van der Waals surface area contributed by atoms with Gasteiger partial charge in [0.1, 0.15) is 0 Å². The molecule has 3 nitrogen and oxygen atoms in total. The minimum Gasteiger partial charge on any atom is -0.389 e. The summed E-state index contributed by atoms with van der Waals surface area (Å²) in [6.45, 7) is 9.12. The standard InChI is InChI=1S/C15H25NO2/c1-11(2)18-10-14(17)9-16(5)15-8-6-7-12(3)13(15)4/h6-8,11,14,17H,9-10H2,1-5H3. The number of aryl methyl sites for hydroxylation is 1. The van der Waals surface area contributed by atoms with Crippen LogP contribution in [0.2, 0.25) is 0 Å². The fourth-order valence-corrected chi connectivity index (χ4v) is 1.92. The highest BCUT2D eigenvalue weighted by molar-refractivity contribution is 5.55. The van der Waals surface area contributed by atoms with E-state index in [0.717, 1.165) is 0 Å². The van der Waals surface area contributed by atoms with Crippen LogP contribution in [0.4, 0.5) is 5.69 Å². The van der Waals surface area contributed by atoms with E-state index in [1.807, 2.05) is 27.0 Å². The highest BCUT2D eigenvalue weighted by Gasteiger charge is 2.12. The number of rotatable bonds is 6. The Morgan fingerprint density at radius 2 is 1.94 bits per heavy atom. The minimum atomic E-state index is -0.461. The quantitative estimate of drug-likeness (QED) is 0.843. The predicted octanol–water partition coefficient (Wildman–Crippen LogP) is 2.53. The average molecular weight is 251 g/mol. The van der Waals surface area contributed by atoms with Crippen LogP contribution in [0.1, 0.15) is 25.0 Å². The number of ether oxygens (including phenoxy) is 1. The highest BCUT2D eigenvalue weighted by Crippen LogP contribution is 2.21. The van der Waals surface area contributed by atoms with Crippen LogP contribution >= 0.6 is 0 Å². The zero-order valence-corrected chi connectivity index (χ0v) is 12.1. The highest BCUT2D eigenvalue weighted by atomic mass is 16.5. The lowest BCUT2D eigenvalue weighted by molar-refractivity contribution is 0.00926. The Hall–Kier alpha value is -1.06. The third-order valence-electron chi connectivity index (χ3n) is 3.09. The van der Waals surface area contributed by atoms with E-state index in [9.17, 15) is 5.11 Å². The van der Waals surface area contributed by atoms with Crippen molar-refractivity contribution in [3.05, 3.63) is 29.3 Å². The molecular formula is C15H25NO2. The molecule has 0 fully saturated rings. The van der Waals surface area contributed by atoms with Crippen molar-refractivity contribution in [1.29, 1.82) is 0 Å². The second-order valence-corrected chi connectivity index (χ2v) is 5.14. The van der Waals surface area contributed by atoms with Crippen molar-refractivity contribution in [2.75, 3.05) is 25.1 Å². The van der Waals surface area contributed by atoms with Crippen LogP contribution in [0.15, 0.2) is 18.2 Å². The molecule has 1 N–H and O–H groups in total. The Bertz CT molecular complexity index is 377. The first-order chi connectivity index (χ1) is 8.41. The van der Waals surface area contributed by atoms with E-state index >= 15 is 0 Å². The van der Waals surface area contributed by atoms with Crippen LogP contribution in [0.25, 0.3) is 0 Å². The summed E-state index contributed by atoms with van der Waals surface area (Å²) in [5.74, 6) is 0. The zero-order valence-electron chi connectivity index (χ0n) is 12.1. The molecule has 18 heavy (non-hydrogen) atoms. The largest absolute Gasteiger partial charge is 0.389 e. The van der Waals surface area contributed by atoms with Gasteiger partial charge in [-0.25, -0.2) is 0 Å². The van der Waals surface area contributed by atoms with Crippen molar-refractivity contribution in [1.82, 2.24) is 0 Å². The van der Waals surface area contributed by atoms with Gasteiger partial charge in [-0.3, -0.25) is 0 Å². The van der Waals surface area contributed by atoms with Gasteiger partial charge in [-0.1, -0.05) is 12.1 Å². The molecular weight excluding hydrogens is 226 g/mol. The maximum absolute atomic E-state index is 9.92. The second kappa shape index (κ2) is 6.76. The maximum atomic E-state index is 9.92. The Balaban J connectivity index is 2.59. The van der Waals surface area contributed by atoms with Crippen LogP contribution in [0.3, 0.4) is 0 Å². The topological polar surface area (TPSA) is 32.7 Å². The smallest absolute Gasteiger partial charge is 0.0948 e. The molecule has 0 aromatic heterocycles. The van der Waals surface area contributed by atoms with E-state index in [1.165, 1.54) is 16.8 Å². The van der Waals surface area contributed by atoms with Gasteiger partial charge >= 0.3 is 0 Å². The molecule has 1 atom stereocenters. The summed E-state index contributed by atoms with van der Waals surface area (Å²) in [6, 6.07) is 6.23. The van der Waals surface area contributed by atoms with E-state index in [2.05, 4.69) is 30.9 Å². The molecule has 102 valence electrons. The molecule has 0 bridgehead atoms. The maximum Gasteiger partial charge on any atom is 0.0948 e. The molecule has 0 aliphatic rings. The fraction of sp³-hybridized carbons (Fsp3) is 0.600.